The second kappa shape index (κ2) is 10.2. The summed E-state index contributed by atoms with van der Waals surface area (Å²) in [5, 5.41) is 8.63. The fraction of sp³-hybridized carbons (Fsp3) is 0.333. The average Bonchev–Trinajstić information content (AvgIpc) is 3.68. The Labute approximate surface area is 239 Å². The van der Waals surface area contributed by atoms with E-state index in [1.165, 1.54) is 35.8 Å². The minimum Gasteiger partial charge on any atom is -0.480 e. The van der Waals surface area contributed by atoms with E-state index in [0.717, 1.165) is 23.6 Å². The number of aryl methyl sites for hydroxylation is 1. The number of fused-ring (bicyclic) bond motifs is 1. The van der Waals surface area contributed by atoms with E-state index in [0.29, 0.717) is 22.4 Å². The van der Waals surface area contributed by atoms with Gasteiger partial charge in [-0.2, -0.15) is 26.3 Å². The molecule has 0 aliphatic heterocycles. The van der Waals surface area contributed by atoms with Gasteiger partial charge in [-0.3, -0.25) is 14.5 Å². The molecule has 0 amide bonds. The molecule has 16 heteroatoms. The van der Waals surface area contributed by atoms with Crippen LogP contribution in [0.25, 0.3) is 33.9 Å². The topological polar surface area (TPSA) is 112 Å². The molecule has 1 aromatic carbocycles. The molecular weight excluding hydrogens is 580 g/mol. The SMILES string of the molecule is COc1ncnc(C2CC2)c1-c1ncc2c(n1)n(Cc1ccc(-c3nc(C(F)(F)F)cn3C)cc1)c(=N)n2CC(F)(F)F. The lowest BCUT2D eigenvalue weighted by Gasteiger charge is -2.11. The van der Waals surface area contributed by atoms with Crippen LogP contribution in [0.2, 0.25) is 0 Å². The second-order valence-electron chi connectivity index (χ2n) is 10.2. The van der Waals surface area contributed by atoms with E-state index >= 15 is 0 Å². The van der Waals surface area contributed by atoms with E-state index in [2.05, 4.69) is 24.9 Å². The quantitative estimate of drug-likeness (QED) is 0.260. The molecule has 1 aliphatic carbocycles. The first-order valence-electron chi connectivity index (χ1n) is 13.0. The molecule has 0 atom stereocenters. The lowest BCUT2D eigenvalue weighted by Crippen LogP contribution is -2.30. The van der Waals surface area contributed by atoms with Gasteiger partial charge in [0.2, 0.25) is 11.5 Å². The number of hydrogen-bond acceptors (Lipinski definition) is 7. The average molecular weight is 604 g/mol. The maximum Gasteiger partial charge on any atom is 0.434 e. The molecule has 10 nitrogen and oxygen atoms in total. The van der Waals surface area contributed by atoms with Gasteiger partial charge in [0.1, 0.15) is 29.8 Å². The third-order valence-electron chi connectivity index (χ3n) is 7.09. The molecule has 1 saturated carbocycles. The lowest BCUT2D eigenvalue weighted by molar-refractivity contribution is -0.141. The highest BCUT2D eigenvalue weighted by molar-refractivity contribution is 5.76. The second-order valence-corrected chi connectivity index (χ2v) is 10.2. The van der Waals surface area contributed by atoms with Crippen molar-refractivity contribution in [2.24, 2.45) is 7.05 Å². The number of nitrogens with zero attached hydrogens (tertiary/aromatic N) is 8. The molecule has 0 bridgehead atoms. The number of alkyl halides is 6. The molecule has 1 fully saturated rings. The zero-order chi connectivity index (χ0) is 30.7. The first-order chi connectivity index (χ1) is 20.3. The number of nitrogens with one attached hydrogen (secondary N) is 1. The highest BCUT2D eigenvalue weighted by Crippen LogP contribution is 2.45. The van der Waals surface area contributed by atoms with Gasteiger partial charge in [0, 0.05) is 24.7 Å². The summed E-state index contributed by atoms with van der Waals surface area (Å²) in [6, 6.07) is 6.34. The lowest BCUT2D eigenvalue weighted by atomic mass is 10.1. The van der Waals surface area contributed by atoms with Crippen LogP contribution in [0.4, 0.5) is 26.3 Å². The van der Waals surface area contributed by atoms with Crippen molar-refractivity contribution < 1.29 is 31.1 Å². The summed E-state index contributed by atoms with van der Waals surface area (Å²) >= 11 is 0. The number of rotatable bonds is 7. The number of ether oxygens (including phenoxy) is 1. The Morgan fingerprint density at radius 2 is 1.70 bits per heavy atom. The molecule has 224 valence electrons. The maximum atomic E-state index is 13.5. The van der Waals surface area contributed by atoms with Crippen molar-refractivity contribution in [3.05, 3.63) is 65.6 Å². The van der Waals surface area contributed by atoms with Crippen LogP contribution >= 0.6 is 0 Å². The molecule has 6 rings (SSSR count). The first-order valence-corrected chi connectivity index (χ1v) is 13.0. The molecule has 4 aromatic heterocycles. The Balaban J connectivity index is 1.43. The summed E-state index contributed by atoms with van der Waals surface area (Å²) in [6.45, 7) is -1.48. The summed E-state index contributed by atoms with van der Waals surface area (Å²) in [7, 11) is 2.88. The minimum atomic E-state index is -4.62. The minimum absolute atomic E-state index is 0.000765. The molecule has 1 aliphatic rings. The largest absolute Gasteiger partial charge is 0.480 e. The molecule has 0 unspecified atom stereocenters. The van der Waals surface area contributed by atoms with Crippen molar-refractivity contribution in [3.8, 4) is 28.7 Å². The van der Waals surface area contributed by atoms with Gasteiger partial charge in [0.15, 0.2) is 17.2 Å². The van der Waals surface area contributed by atoms with Gasteiger partial charge in [0.05, 0.1) is 25.5 Å². The van der Waals surface area contributed by atoms with E-state index in [9.17, 15) is 26.3 Å². The molecule has 4 heterocycles. The Hall–Kier alpha value is -4.76. The van der Waals surface area contributed by atoms with Gasteiger partial charge in [-0.25, -0.2) is 24.9 Å². The molecular formula is C27H23F6N9O. The summed E-state index contributed by atoms with van der Waals surface area (Å²) in [4.78, 5) is 21.2. The van der Waals surface area contributed by atoms with E-state index in [4.69, 9.17) is 10.1 Å². The number of imidazole rings is 2. The maximum absolute atomic E-state index is 13.5. The number of benzene rings is 1. The Morgan fingerprint density at radius 1 is 0.977 bits per heavy atom. The van der Waals surface area contributed by atoms with E-state index < -0.39 is 30.2 Å². The van der Waals surface area contributed by atoms with Gasteiger partial charge >= 0.3 is 12.4 Å². The van der Waals surface area contributed by atoms with Crippen LogP contribution in [0, 0.1) is 5.41 Å². The summed E-state index contributed by atoms with van der Waals surface area (Å²) in [5.74, 6) is 0.624. The first kappa shape index (κ1) is 28.4. The predicted molar refractivity (Wildman–Crippen MR) is 140 cm³/mol. The van der Waals surface area contributed by atoms with E-state index in [-0.39, 0.29) is 41.2 Å². The van der Waals surface area contributed by atoms with Crippen LogP contribution in [-0.4, -0.2) is 51.9 Å². The van der Waals surface area contributed by atoms with Gasteiger partial charge in [-0.05, 0) is 18.4 Å². The van der Waals surface area contributed by atoms with Gasteiger partial charge in [-0.15, -0.1) is 0 Å². The molecule has 0 spiro atoms. The van der Waals surface area contributed by atoms with Gasteiger partial charge in [-0.1, -0.05) is 24.3 Å². The number of halogens is 6. The molecule has 1 N–H and O–H groups in total. The number of hydrogen-bond donors (Lipinski definition) is 1. The highest BCUT2D eigenvalue weighted by atomic mass is 19.4. The van der Waals surface area contributed by atoms with Crippen LogP contribution in [0.3, 0.4) is 0 Å². The van der Waals surface area contributed by atoms with Gasteiger partial charge < -0.3 is 9.30 Å². The highest BCUT2D eigenvalue weighted by Gasteiger charge is 2.35. The van der Waals surface area contributed by atoms with Crippen LogP contribution in [-0.2, 0) is 26.3 Å². The molecule has 43 heavy (non-hydrogen) atoms. The fourth-order valence-electron chi connectivity index (χ4n) is 4.95. The van der Waals surface area contributed by atoms with Crippen LogP contribution in [0.15, 0.2) is 43.0 Å². The Kier molecular flexibility index (Phi) is 6.73. The van der Waals surface area contributed by atoms with Crippen molar-refractivity contribution in [2.45, 2.75) is 44.2 Å². The normalized spacial score (nSPS) is 14.0. The van der Waals surface area contributed by atoms with Crippen molar-refractivity contribution >= 4 is 11.2 Å². The molecule has 0 saturated heterocycles. The summed E-state index contributed by atoms with van der Waals surface area (Å²) < 4.78 is 88.7. The van der Waals surface area contributed by atoms with Gasteiger partial charge in [0.25, 0.3) is 0 Å². The number of methoxy groups -OCH3 is 1. The Morgan fingerprint density at radius 3 is 2.30 bits per heavy atom. The van der Waals surface area contributed by atoms with E-state index in [1.807, 2.05) is 0 Å². The zero-order valence-corrected chi connectivity index (χ0v) is 22.7. The van der Waals surface area contributed by atoms with Crippen LogP contribution in [0.5, 0.6) is 5.88 Å². The summed E-state index contributed by atoms with van der Waals surface area (Å²) in [6.07, 6.45) is -3.91. The van der Waals surface area contributed by atoms with Crippen LogP contribution in [0.1, 0.15) is 35.7 Å². The van der Waals surface area contributed by atoms with Crippen molar-refractivity contribution in [3.63, 3.8) is 0 Å². The van der Waals surface area contributed by atoms with E-state index in [1.54, 1.807) is 24.3 Å². The smallest absolute Gasteiger partial charge is 0.434 e. The molecule has 0 radical (unpaired) electrons. The van der Waals surface area contributed by atoms with Crippen LogP contribution < -0.4 is 10.4 Å². The Bertz CT molecular complexity index is 1880. The number of aromatic nitrogens is 8. The standard InChI is InChI=1S/C27H23F6N9O/c1-40-11-18(27(31,32)33)38-22(40)16-5-3-14(4-6-16)10-41-23-17(42(25(41)34)12-26(28,29)30)9-35-21(39-23)19-20(15-7-8-15)36-13-37-24(19)43-2/h3-6,9,11,13,15,34H,7-8,10,12H2,1-2H3. The zero-order valence-electron chi connectivity index (χ0n) is 22.7. The third kappa shape index (κ3) is 5.44. The fourth-order valence-corrected chi connectivity index (χ4v) is 4.95. The molecule has 5 aromatic rings. The van der Waals surface area contributed by atoms with Crippen molar-refractivity contribution in [1.82, 2.24) is 38.6 Å². The third-order valence-corrected chi connectivity index (χ3v) is 7.09. The van der Waals surface area contributed by atoms with Crippen molar-refractivity contribution in [1.29, 1.82) is 5.41 Å². The predicted octanol–water partition coefficient (Wildman–Crippen LogP) is 5.09. The monoisotopic (exact) mass is 603 g/mol. The van der Waals surface area contributed by atoms with Crippen molar-refractivity contribution in [2.75, 3.05) is 7.11 Å². The summed E-state index contributed by atoms with van der Waals surface area (Å²) in [5.41, 5.74) is 0.686.